The second kappa shape index (κ2) is 7.87. The van der Waals surface area contributed by atoms with Crippen molar-refractivity contribution in [3.63, 3.8) is 0 Å². The summed E-state index contributed by atoms with van der Waals surface area (Å²) in [7, 11) is 1.56. The van der Waals surface area contributed by atoms with E-state index in [1.54, 1.807) is 13.3 Å². The van der Waals surface area contributed by atoms with Gasteiger partial charge in [0.1, 0.15) is 12.4 Å². The van der Waals surface area contributed by atoms with Crippen LogP contribution in [0.4, 0.5) is 5.82 Å². The Balaban J connectivity index is 1.52. The molecule has 1 saturated heterocycles. The Morgan fingerprint density at radius 1 is 1.50 bits per heavy atom. The molecule has 1 aliphatic rings. The minimum atomic E-state index is -0.0675. The number of carbonyl (C=O) groups excluding carboxylic acids is 1. The summed E-state index contributed by atoms with van der Waals surface area (Å²) >= 11 is 0. The lowest BCUT2D eigenvalue weighted by atomic mass is 9.97. The van der Waals surface area contributed by atoms with Crippen molar-refractivity contribution >= 4 is 11.7 Å². The molecule has 128 valence electrons. The zero-order chi connectivity index (χ0) is 16.8. The summed E-state index contributed by atoms with van der Waals surface area (Å²) < 4.78 is 10.0. The highest BCUT2D eigenvalue weighted by atomic mass is 16.5. The van der Waals surface area contributed by atoms with Crippen LogP contribution in [0.25, 0.3) is 0 Å². The number of rotatable bonds is 6. The Morgan fingerprint density at radius 3 is 3.21 bits per heavy atom. The largest absolute Gasteiger partial charge is 0.377 e. The Morgan fingerprint density at radius 2 is 2.42 bits per heavy atom. The third-order valence-corrected chi connectivity index (χ3v) is 3.96. The van der Waals surface area contributed by atoms with Crippen molar-refractivity contribution in [1.29, 1.82) is 0 Å². The molecular weight excluding hydrogens is 310 g/mol. The summed E-state index contributed by atoms with van der Waals surface area (Å²) in [6.07, 6.45) is 3.60. The maximum absolute atomic E-state index is 12.4. The van der Waals surface area contributed by atoms with Crippen LogP contribution in [-0.4, -0.2) is 41.2 Å². The molecule has 1 amide bonds. The number of ether oxygens (including phenoxy) is 1. The molecule has 0 radical (unpaired) electrons. The smallest absolute Gasteiger partial charge is 0.246 e. The number of anilines is 1. The molecule has 3 rings (SSSR count). The molecule has 0 saturated carbocycles. The number of carbonyl (C=O) groups is 1. The lowest BCUT2D eigenvalue weighted by Gasteiger charge is -2.32. The number of methoxy groups -OCH3 is 1. The Bertz CT molecular complexity index is 661. The first kappa shape index (κ1) is 16.4. The van der Waals surface area contributed by atoms with Crippen molar-refractivity contribution in [3.8, 4) is 0 Å². The van der Waals surface area contributed by atoms with Crippen LogP contribution in [-0.2, 0) is 22.7 Å². The lowest BCUT2D eigenvalue weighted by molar-refractivity contribution is -0.125. The molecule has 3 heterocycles. The average molecular weight is 331 g/mol. The highest BCUT2D eigenvalue weighted by molar-refractivity contribution is 5.79. The van der Waals surface area contributed by atoms with Gasteiger partial charge < -0.3 is 19.5 Å². The van der Waals surface area contributed by atoms with Gasteiger partial charge in [0.25, 0.3) is 0 Å². The molecule has 0 aromatic carbocycles. The first-order valence-corrected chi connectivity index (χ1v) is 8.00. The normalized spacial score (nSPS) is 17.7. The molecule has 1 aliphatic heterocycles. The first-order valence-electron chi connectivity index (χ1n) is 8.00. The van der Waals surface area contributed by atoms with E-state index in [4.69, 9.17) is 9.26 Å². The number of hydrogen-bond donors (Lipinski definition) is 1. The molecule has 0 bridgehead atoms. The summed E-state index contributed by atoms with van der Waals surface area (Å²) in [5, 5.41) is 6.64. The predicted octanol–water partition coefficient (Wildman–Crippen LogP) is 1.14. The van der Waals surface area contributed by atoms with E-state index < -0.39 is 0 Å². The molecule has 1 N–H and O–H groups in total. The Kier molecular flexibility index (Phi) is 5.37. The van der Waals surface area contributed by atoms with E-state index in [-0.39, 0.29) is 18.4 Å². The Hall–Kier alpha value is -2.48. The zero-order valence-corrected chi connectivity index (χ0v) is 13.6. The van der Waals surface area contributed by atoms with Gasteiger partial charge >= 0.3 is 0 Å². The quantitative estimate of drug-likeness (QED) is 0.848. The minimum Gasteiger partial charge on any atom is -0.377 e. The fraction of sp³-hybridized carbons (Fsp3) is 0.500. The molecule has 8 heteroatoms. The van der Waals surface area contributed by atoms with Crippen molar-refractivity contribution in [1.82, 2.24) is 20.4 Å². The monoisotopic (exact) mass is 331 g/mol. The fourth-order valence-electron chi connectivity index (χ4n) is 2.80. The third kappa shape index (κ3) is 4.08. The lowest BCUT2D eigenvalue weighted by Crippen LogP contribution is -2.43. The van der Waals surface area contributed by atoms with Gasteiger partial charge in [0.2, 0.25) is 11.8 Å². The number of nitrogens with zero attached hydrogens (tertiary/aromatic N) is 4. The van der Waals surface area contributed by atoms with Gasteiger partial charge in [-0.2, -0.15) is 4.98 Å². The number of pyridine rings is 1. The maximum Gasteiger partial charge on any atom is 0.246 e. The molecule has 0 aliphatic carbocycles. The van der Waals surface area contributed by atoms with Gasteiger partial charge in [-0.25, -0.2) is 4.98 Å². The molecular formula is C16H21N5O3. The first-order chi connectivity index (χ1) is 11.8. The number of hydrogen-bond acceptors (Lipinski definition) is 7. The fourth-order valence-corrected chi connectivity index (χ4v) is 2.80. The van der Waals surface area contributed by atoms with Gasteiger partial charge in [-0.3, -0.25) is 4.79 Å². The second-order valence-electron chi connectivity index (χ2n) is 5.73. The standard InChI is InChI=1S/C16H21N5O3/c1-23-11-13-19-15(24-20-13)9-18-16(22)12-5-4-8-21(10-12)14-6-2-3-7-17-14/h2-3,6-7,12H,4-5,8-11H2,1H3,(H,18,22)/t12-/m0/s1. The predicted molar refractivity (Wildman–Crippen MR) is 86.0 cm³/mol. The van der Waals surface area contributed by atoms with Crippen LogP contribution < -0.4 is 10.2 Å². The van der Waals surface area contributed by atoms with Crippen LogP contribution in [0.3, 0.4) is 0 Å². The molecule has 8 nitrogen and oxygen atoms in total. The van der Waals surface area contributed by atoms with E-state index >= 15 is 0 Å². The number of aromatic nitrogens is 3. The maximum atomic E-state index is 12.4. The van der Waals surface area contributed by atoms with E-state index in [0.717, 1.165) is 25.2 Å². The molecule has 0 unspecified atom stereocenters. The van der Waals surface area contributed by atoms with Crippen LogP contribution in [0.5, 0.6) is 0 Å². The average Bonchev–Trinajstić information content (AvgIpc) is 3.08. The van der Waals surface area contributed by atoms with E-state index in [1.807, 2.05) is 18.2 Å². The Labute approximate surface area is 140 Å². The highest BCUT2D eigenvalue weighted by Crippen LogP contribution is 2.21. The summed E-state index contributed by atoms with van der Waals surface area (Å²) in [6.45, 7) is 2.11. The van der Waals surface area contributed by atoms with Crippen molar-refractivity contribution in [2.24, 2.45) is 5.92 Å². The second-order valence-corrected chi connectivity index (χ2v) is 5.73. The third-order valence-electron chi connectivity index (χ3n) is 3.96. The van der Waals surface area contributed by atoms with E-state index in [1.165, 1.54) is 0 Å². The summed E-state index contributed by atoms with van der Waals surface area (Å²) in [6, 6.07) is 5.81. The SMILES string of the molecule is COCc1noc(CNC(=O)[C@H]2CCCN(c3ccccn3)C2)n1. The molecule has 0 spiro atoms. The summed E-state index contributed by atoms with van der Waals surface area (Å²) in [5.74, 6) is 1.70. The molecule has 2 aromatic rings. The number of amides is 1. The highest BCUT2D eigenvalue weighted by Gasteiger charge is 2.26. The van der Waals surface area contributed by atoms with Gasteiger partial charge in [0, 0.05) is 26.4 Å². The van der Waals surface area contributed by atoms with Crippen molar-refractivity contribution in [2.45, 2.75) is 26.0 Å². The summed E-state index contributed by atoms with van der Waals surface area (Å²) in [4.78, 5) is 23.1. The van der Waals surface area contributed by atoms with E-state index in [0.29, 0.717) is 24.9 Å². The van der Waals surface area contributed by atoms with Gasteiger partial charge in [0.05, 0.1) is 12.5 Å². The number of piperidine rings is 1. The molecule has 2 aromatic heterocycles. The molecule has 1 fully saturated rings. The molecule has 1 atom stereocenters. The van der Waals surface area contributed by atoms with Crippen LogP contribution in [0.2, 0.25) is 0 Å². The molecule has 24 heavy (non-hydrogen) atoms. The van der Waals surface area contributed by atoms with Crippen molar-refractivity contribution in [2.75, 3.05) is 25.1 Å². The van der Waals surface area contributed by atoms with Crippen LogP contribution in [0.1, 0.15) is 24.6 Å². The van der Waals surface area contributed by atoms with Crippen LogP contribution >= 0.6 is 0 Å². The van der Waals surface area contributed by atoms with Crippen molar-refractivity contribution < 1.29 is 14.1 Å². The van der Waals surface area contributed by atoms with Gasteiger partial charge in [0.15, 0.2) is 5.82 Å². The van der Waals surface area contributed by atoms with Gasteiger partial charge in [-0.15, -0.1) is 0 Å². The van der Waals surface area contributed by atoms with Crippen LogP contribution in [0, 0.1) is 5.92 Å². The minimum absolute atomic E-state index is 0.00197. The van der Waals surface area contributed by atoms with Crippen LogP contribution in [0.15, 0.2) is 28.9 Å². The van der Waals surface area contributed by atoms with Crippen molar-refractivity contribution in [3.05, 3.63) is 36.1 Å². The summed E-state index contributed by atoms with van der Waals surface area (Å²) in [5.41, 5.74) is 0. The van der Waals surface area contributed by atoms with E-state index in [9.17, 15) is 4.79 Å². The zero-order valence-electron chi connectivity index (χ0n) is 13.6. The topological polar surface area (TPSA) is 93.4 Å². The van der Waals surface area contributed by atoms with Gasteiger partial charge in [-0.05, 0) is 25.0 Å². The number of nitrogens with one attached hydrogen (secondary N) is 1. The van der Waals surface area contributed by atoms with E-state index in [2.05, 4.69) is 25.3 Å². The van der Waals surface area contributed by atoms with Gasteiger partial charge in [-0.1, -0.05) is 11.2 Å².